The van der Waals surface area contributed by atoms with Crippen molar-refractivity contribution in [3.8, 4) is 5.75 Å². The molecular weight excluding hydrogens is 465 g/mol. The van der Waals surface area contributed by atoms with Gasteiger partial charge < -0.3 is 9.84 Å². The number of carboxylic acids is 1. The quantitative estimate of drug-likeness (QED) is 0.212. The number of fused-ring (bicyclic) bond motifs is 1. The molecule has 0 fully saturated rings. The van der Waals surface area contributed by atoms with Gasteiger partial charge in [0.2, 0.25) is 5.83 Å². The predicted molar refractivity (Wildman–Crippen MR) is 131 cm³/mol. The molecule has 6 nitrogen and oxygen atoms in total. The zero-order chi connectivity index (χ0) is 24.2. The maximum atomic E-state index is 13.5. The number of rotatable bonds is 8. The van der Waals surface area contributed by atoms with Crippen LogP contribution in [0.1, 0.15) is 49.7 Å². The third-order valence-corrected chi connectivity index (χ3v) is 8.78. The lowest BCUT2D eigenvalue weighted by Gasteiger charge is -2.43. The second-order valence-corrected chi connectivity index (χ2v) is 10.9. The molecule has 0 aliphatic carbocycles. The van der Waals surface area contributed by atoms with Crippen molar-refractivity contribution in [1.82, 2.24) is 4.31 Å². The second-order valence-electron chi connectivity index (χ2n) is 7.99. The summed E-state index contributed by atoms with van der Waals surface area (Å²) in [5.74, 6) is -3.08. The maximum Gasteiger partial charge on any atom is 0.368 e. The molecule has 0 bridgehead atoms. The van der Waals surface area contributed by atoms with Crippen LogP contribution in [-0.2, 0) is 4.79 Å². The lowest BCUT2D eigenvalue weighted by atomic mass is 9.84. The summed E-state index contributed by atoms with van der Waals surface area (Å²) in [6, 6.07) is 13.3. The first-order valence-corrected chi connectivity index (χ1v) is 13.5. The van der Waals surface area contributed by atoms with E-state index in [1.54, 1.807) is 11.4 Å². The van der Waals surface area contributed by atoms with Crippen LogP contribution >= 0.6 is 22.5 Å². The molecule has 0 radical (unpaired) electrons. The molecule has 3 N–H and O–H groups in total. The molecule has 1 aliphatic rings. The molecule has 2 atom stereocenters. The van der Waals surface area contributed by atoms with Gasteiger partial charge in [-0.1, -0.05) is 50.1 Å². The molecule has 3 rings (SSSR count). The lowest BCUT2D eigenvalue weighted by molar-refractivity contribution is -0.134. The zero-order valence-corrected chi connectivity index (χ0v) is 20.5. The van der Waals surface area contributed by atoms with Crippen LogP contribution in [0.25, 0.3) is 0 Å². The Morgan fingerprint density at radius 2 is 2.00 bits per heavy atom. The van der Waals surface area contributed by atoms with Crippen molar-refractivity contribution in [1.29, 1.82) is 0 Å². The van der Waals surface area contributed by atoms with Gasteiger partial charge in [0, 0.05) is 25.1 Å². The summed E-state index contributed by atoms with van der Waals surface area (Å²) in [4.78, 5) is 11.8. The highest BCUT2D eigenvalue weighted by molar-refractivity contribution is 8.22. The van der Waals surface area contributed by atoms with Crippen LogP contribution in [0.15, 0.2) is 64.3 Å². The molecule has 0 aromatic heterocycles. The summed E-state index contributed by atoms with van der Waals surface area (Å²) in [5.41, 5.74) is 1.86. The summed E-state index contributed by atoms with van der Waals surface area (Å²) >= 11 is 1.36. The molecule has 9 heteroatoms. The molecule has 1 aliphatic heterocycles. The maximum absolute atomic E-state index is 13.5. The predicted octanol–water partition coefficient (Wildman–Crippen LogP) is 6.73. The second kappa shape index (κ2) is 10.9. The number of halogens is 1. The monoisotopic (exact) mass is 495 g/mol. The summed E-state index contributed by atoms with van der Waals surface area (Å²) in [6.07, 6.45) is 5.86. The summed E-state index contributed by atoms with van der Waals surface area (Å²) in [7, 11) is -1.64. The Kier molecular flexibility index (Phi) is 8.47. The molecule has 33 heavy (non-hydrogen) atoms. The number of carboxylic acid groups (broad SMARTS) is 1. The Bertz CT molecular complexity index is 1020. The third kappa shape index (κ3) is 5.55. The van der Waals surface area contributed by atoms with Crippen LogP contribution < -0.4 is 4.74 Å². The number of hydrogen-bond donors (Lipinski definition) is 3. The molecule has 2 aromatic carbocycles. The van der Waals surface area contributed by atoms with Gasteiger partial charge in [-0.2, -0.15) is 4.39 Å². The van der Waals surface area contributed by atoms with Crippen molar-refractivity contribution in [3.05, 3.63) is 65.7 Å². The van der Waals surface area contributed by atoms with Crippen LogP contribution in [-0.4, -0.2) is 43.8 Å². The number of aliphatic carboxylic acids is 1. The molecule has 0 saturated carbocycles. The fraction of sp³-hybridized carbons (Fsp3) is 0.375. The van der Waals surface area contributed by atoms with E-state index in [2.05, 4.69) is 6.92 Å². The average molecular weight is 496 g/mol. The lowest BCUT2D eigenvalue weighted by Crippen LogP contribution is -2.33. The molecule has 0 saturated heterocycles. The Morgan fingerprint density at radius 1 is 1.30 bits per heavy atom. The highest BCUT2D eigenvalue weighted by Crippen LogP contribution is 2.60. The van der Waals surface area contributed by atoms with E-state index in [1.807, 2.05) is 42.7 Å². The van der Waals surface area contributed by atoms with E-state index in [-0.39, 0.29) is 17.7 Å². The van der Waals surface area contributed by atoms with Crippen LogP contribution in [0.2, 0.25) is 0 Å². The molecule has 2 unspecified atom stereocenters. The fourth-order valence-electron chi connectivity index (χ4n) is 4.13. The van der Waals surface area contributed by atoms with Crippen molar-refractivity contribution in [2.45, 2.75) is 54.4 Å². The number of nitrogens with zero attached hydrogens (tertiary/aromatic N) is 1. The number of ether oxygens (including phenoxy) is 1. The average Bonchev–Trinajstić information content (AvgIpc) is 2.89. The van der Waals surface area contributed by atoms with Crippen molar-refractivity contribution in [2.24, 2.45) is 0 Å². The molecular formula is C24H30FNO5S2. The van der Waals surface area contributed by atoms with Crippen molar-refractivity contribution in [2.75, 3.05) is 13.3 Å². The highest BCUT2D eigenvalue weighted by Gasteiger charge is 2.38. The Balaban J connectivity index is 2.19. The summed E-state index contributed by atoms with van der Waals surface area (Å²) in [5, 5.41) is 8.78. The molecule has 180 valence electrons. The minimum Gasteiger partial charge on any atom is -0.476 e. The van der Waals surface area contributed by atoms with Gasteiger partial charge in [-0.25, -0.2) is 9.10 Å². The van der Waals surface area contributed by atoms with E-state index in [4.69, 9.17) is 9.84 Å². The van der Waals surface area contributed by atoms with Gasteiger partial charge >= 0.3 is 5.97 Å². The number of unbranched alkanes of at least 4 members (excludes halogenated alkanes) is 1. The normalized spacial score (nSPS) is 21.7. The number of thioether (sulfide) groups is 1. The highest BCUT2D eigenvalue weighted by atomic mass is 32.3. The molecule has 0 amide bonds. The first-order valence-electron chi connectivity index (χ1n) is 10.7. The van der Waals surface area contributed by atoms with E-state index < -0.39 is 22.6 Å². The van der Waals surface area contributed by atoms with E-state index in [0.717, 1.165) is 30.4 Å². The van der Waals surface area contributed by atoms with Crippen molar-refractivity contribution >= 4 is 28.5 Å². The molecule has 2 aromatic rings. The van der Waals surface area contributed by atoms with Gasteiger partial charge in [-0.3, -0.25) is 9.11 Å². The molecule has 1 heterocycles. The first-order chi connectivity index (χ1) is 15.7. The minimum atomic E-state index is -3.37. The first kappa shape index (κ1) is 25.6. The van der Waals surface area contributed by atoms with Crippen molar-refractivity contribution < 1.29 is 28.1 Å². The standard InChI is InChI=1S/C24H30FNO5S2/c1-4-5-11-17-12-18(16-9-7-6-8-10-16)19-13-22(32-3)21(31-15-20(25)24(27)28)14-23(19)33(29,30)26(17)2/h6-10,13-15,17-18,29-30H,4-5,11-12H2,1-3H3,(H,27,28)/b20-15-. The van der Waals surface area contributed by atoms with E-state index >= 15 is 0 Å². The van der Waals surface area contributed by atoms with Gasteiger partial charge in [-0.05, 0) is 36.3 Å². The largest absolute Gasteiger partial charge is 0.476 e. The third-order valence-electron chi connectivity index (χ3n) is 5.98. The summed E-state index contributed by atoms with van der Waals surface area (Å²) < 4.78 is 43.3. The Hall–Kier alpha value is -2.04. The van der Waals surface area contributed by atoms with Gasteiger partial charge in [0.25, 0.3) is 0 Å². The van der Waals surface area contributed by atoms with E-state index in [9.17, 15) is 18.3 Å². The van der Waals surface area contributed by atoms with Crippen LogP contribution in [0.4, 0.5) is 4.39 Å². The zero-order valence-electron chi connectivity index (χ0n) is 18.9. The number of benzene rings is 2. The number of carbonyl (C=O) groups is 1. The molecule has 0 spiro atoms. The van der Waals surface area contributed by atoms with Crippen LogP contribution in [0.5, 0.6) is 5.75 Å². The fourth-order valence-corrected chi connectivity index (χ4v) is 6.39. The SMILES string of the molecule is CCCCC1CC(c2ccccc2)c2cc(SC)c(O/C=C(\F)C(=O)O)cc2S(O)(O)N1C. The van der Waals surface area contributed by atoms with Crippen LogP contribution in [0, 0.1) is 0 Å². The Morgan fingerprint density at radius 3 is 2.61 bits per heavy atom. The smallest absolute Gasteiger partial charge is 0.368 e. The van der Waals surface area contributed by atoms with Crippen LogP contribution in [0.3, 0.4) is 0 Å². The van der Waals surface area contributed by atoms with E-state index in [1.165, 1.54) is 17.8 Å². The van der Waals surface area contributed by atoms with Gasteiger partial charge in [0.15, 0.2) is 0 Å². The topological polar surface area (TPSA) is 90.2 Å². The number of hydrogen-bond acceptors (Lipinski definition) is 6. The van der Waals surface area contributed by atoms with E-state index in [0.29, 0.717) is 22.5 Å². The van der Waals surface area contributed by atoms with Gasteiger partial charge in [-0.15, -0.1) is 22.5 Å². The van der Waals surface area contributed by atoms with Crippen molar-refractivity contribution in [3.63, 3.8) is 0 Å². The Labute approximate surface area is 199 Å². The van der Waals surface area contributed by atoms with Gasteiger partial charge in [0.1, 0.15) is 12.0 Å². The van der Waals surface area contributed by atoms with Gasteiger partial charge in [0.05, 0.1) is 9.79 Å². The minimum absolute atomic E-state index is 0.0565. The summed E-state index contributed by atoms with van der Waals surface area (Å²) in [6.45, 7) is 2.11.